The third-order valence-electron chi connectivity index (χ3n) is 2.58. The number of fused-ring (bicyclic) bond motifs is 1. The molecule has 0 aliphatic heterocycles. The van der Waals surface area contributed by atoms with Crippen LogP contribution in [0, 0.1) is 0 Å². The van der Waals surface area contributed by atoms with Crippen molar-refractivity contribution in [2.45, 2.75) is 6.42 Å². The van der Waals surface area contributed by atoms with Gasteiger partial charge in [-0.2, -0.15) is 0 Å². The minimum absolute atomic E-state index is 0.126. The Morgan fingerprint density at radius 3 is 3.05 bits per heavy atom. The van der Waals surface area contributed by atoms with E-state index in [4.69, 9.17) is 5.73 Å². The number of aromatic nitrogens is 1. The van der Waals surface area contributed by atoms with Gasteiger partial charge in [0.25, 0.3) is 0 Å². The van der Waals surface area contributed by atoms with Gasteiger partial charge in [-0.25, -0.2) is 4.98 Å². The fourth-order valence-corrected chi connectivity index (χ4v) is 3.24. The molecule has 1 aromatic carbocycles. The summed E-state index contributed by atoms with van der Waals surface area (Å²) in [5.41, 5.74) is 7.18. The molecule has 0 saturated heterocycles. The van der Waals surface area contributed by atoms with Gasteiger partial charge in [0, 0.05) is 17.9 Å². The van der Waals surface area contributed by atoms with Gasteiger partial charge in [0.05, 0.1) is 23.1 Å². The van der Waals surface area contributed by atoms with Gasteiger partial charge in [-0.05, 0) is 18.2 Å². The van der Waals surface area contributed by atoms with Gasteiger partial charge in [-0.15, -0.1) is 11.8 Å². The van der Waals surface area contributed by atoms with Crippen molar-refractivity contribution in [2.24, 2.45) is 0 Å². The molecule has 0 aliphatic rings. The summed E-state index contributed by atoms with van der Waals surface area (Å²) in [6, 6.07) is 5.43. The second kappa shape index (κ2) is 7.28. The number of nitrogens with one attached hydrogen (secondary N) is 1. The number of nitrogens with zero attached hydrogens (tertiary/aromatic N) is 1. The average Bonchev–Trinajstić information content (AvgIpc) is 2.84. The van der Waals surface area contributed by atoms with Crippen LogP contribution in [0.1, 0.15) is 6.42 Å². The molecule has 0 saturated carbocycles. The monoisotopic (exact) mass is 325 g/mol. The number of nitrogens with two attached hydrogens (primary N) is 1. The van der Waals surface area contributed by atoms with Crippen LogP contribution in [0.15, 0.2) is 18.2 Å². The minimum atomic E-state index is -0.288. The van der Waals surface area contributed by atoms with Crippen molar-refractivity contribution in [3.63, 3.8) is 0 Å². The third-order valence-corrected chi connectivity index (χ3v) is 4.45. The van der Waals surface area contributed by atoms with Crippen LogP contribution in [0.5, 0.6) is 0 Å². The first-order valence-corrected chi connectivity index (χ1v) is 8.16. The topological polar surface area (TPSA) is 94.3 Å². The van der Waals surface area contributed by atoms with Gasteiger partial charge in [-0.1, -0.05) is 11.3 Å². The van der Waals surface area contributed by atoms with Crippen LogP contribution in [0.4, 0.5) is 10.8 Å². The van der Waals surface area contributed by atoms with E-state index in [0.29, 0.717) is 23.0 Å². The Labute approximate surface area is 130 Å². The number of rotatable bonds is 6. The maximum atomic E-state index is 11.8. The Hall–Kier alpha value is -1.80. The number of methoxy groups -OCH3 is 1. The zero-order valence-electron chi connectivity index (χ0n) is 11.4. The largest absolute Gasteiger partial charge is 0.468 e. The summed E-state index contributed by atoms with van der Waals surface area (Å²) in [5.74, 6) is 0.395. The molecule has 2 rings (SSSR count). The highest BCUT2D eigenvalue weighted by molar-refractivity contribution is 7.99. The first kappa shape index (κ1) is 15.6. The Balaban J connectivity index is 1.82. The Bertz CT molecular complexity index is 657. The number of hydrogen-bond donors (Lipinski definition) is 2. The molecule has 3 N–H and O–H groups in total. The van der Waals surface area contributed by atoms with Crippen LogP contribution >= 0.6 is 23.1 Å². The van der Waals surface area contributed by atoms with E-state index in [-0.39, 0.29) is 17.6 Å². The number of nitrogen functional groups attached to an aromatic ring is 1. The molecule has 2 aromatic rings. The molecule has 0 radical (unpaired) electrons. The van der Waals surface area contributed by atoms with E-state index >= 15 is 0 Å². The van der Waals surface area contributed by atoms with Crippen molar-refractivity contribution in [3.05, 3.63) is 18.2 Å². The number of ether oxygens (including phenoxy) is 1. The summed E-state index contributed by atoms with van der Waals surface area (Å²) in [4.78, 5) is 27.0. The first-order valence-electron chi connectivity index (χ1n) is 6.19. The molecular weight excluding hydrogens is 310 g/mol. The van der Waals surface area contributed by atoms with E-state index in [2.05, 4.69) is 15.0 Å². The predicted octanol–water partition coefficient (Wildman–Crippen LogP) is 2.11. The van der Waals surface area contributed by atoms with Crippen molar-refractivity contribution >= 4 is 56.0 Å². The van der Waals surface area contributed by atoms with Crippen LogP contribution in [-0.4, -0.2) is 35.5 Å². The molecule has 8 heteroatoms. The van der Waals surface area contributed by atoms with Crippen LogP contribution in [-0.2, 0) is 14.3 Å². The van der Waals surface area contributed by atoms with Crippen molar-refractivity contribution in [1.82, 2.24) is 4.98 Å². The SMILES string of the molecule is COC(=O)CSCCC(=O)Nc1nc2ccc(N)cc2s1. The summed E-state index contributed by atoms with van der Waals surface area (Å²) in [5, 5.41) is 3.31. The zero-order chi connectivity index (χ0) is 15.2. The number of esters is 1. The Morgan fingerprint density at radius 2 is 2.29 bits per heavy atom. The lowest BCUT2D eigenvalue weighted by molar-refractivity contribution is -0.137. The smallest absolute Gasteiger partial charge is 0.315 e. The highest BCUT2D eigenvalue weighted by Crippen LogP contribution is 2.27. The molecule has 0 atom stereocenters. The molecule has 0 spiro atoms. The lowest BCUT2D eigenvalue weighted by Gasteiger charge is -2.01. The maximum Gasteiger partial charge on any atom is 0.315 e. The van der Waals surface area contributed by atoms with Crippen LogP contribution in [0.3, 0.4) is 0 Å². The molecule has 0 unspecified atom stereocenters. The lowest BCUT2D eigenvalue weighted by atomic mass is 10.3. The van der Waals surface area contributed by atoms with Crippen molar-refractivity contribution < 1.29 is 14.3 Å². The second-order valence-corrected chi connectivity index (χ2v) is 6.31. The summed E-state index contributed by atoms with van der Waals surface area (Å²) in [6.07, 6.45) is 0.319. The third kappa shape index (κ3) is 4.61. The molecule has 1 amide bonds. The van der Waals surface area contributed by atoms with Gasteiger partial charge in [0.1, 0.15) is 0 Å². The van der Waals surface area contributed by atoms with E-state index in [1.165, 1.54) is 30.2 Å². The van der Waals surface area contributed by atoms with Crippen LogP contribution in [0.2, 0.25) is 0 Å². The molecule has 1 aromatic heterocycles. The van der Waals surface area contributed by atoms with Crippen molar-refractivity contribution in [2.75, 3.05) is 29.7 Å². The summed E-state index contributed by atoms with van der Waals surface area (Å²) in [7, 11) is 1.34. The van der Waals surface area contributed by atoms with Gasteiger partial charge < -0.3 is 15.8 Å². The molecule has 21 heavy (non-hydrogen) atoms. The van der Waals surface area contributed by atoms with E-state index in [1.807, 2.05) is 12.1 Å². The first-order chi connectivity index (χ1) is 10.1. The number of amides is 1. The highest BCUT2D eigenvalue weighted by Gasteiger charge is 2.08. The van der Waals surface area contributed by atoms with E-state index < -0.39 is 0 Å². The number of benzene rings is 1. The predicted molar refractivity (Wildman–Crippen MR) is 86.6 cm³/mol. The average molecular weight is 325 g/mol. The number of hydrogen-bond acceptors (Lipinski definition) is 7. The normalized spacial score (nSPS) is 10.5. The number of carbonyl (C=O) groups excluding carboxylic acids is 2. The molecule has 0 aliphatic carbocycles. The molecule has 0 fully saturated rings. The Morgan fingerprint density at radius 1 is 1.48 bits per heavy atom. The van der Waals surface area contributed by atoms with E-state index in [9.17, 15) is 9.59 Å². The number of thiazole rings is 1. The fourth-order valence-electron chi connectivity index (χ4n) is 1.56. The maximum absolute atomic E-state index is 11.8. The standard InChI is InChI=1S/C13H15N3O3S2/c1-19-12(18)7-20-5-4-11(17)16-13-15-9-3-2-8(14)6-10(9)21-13/h2-3,6H,4-5,7,14H2,1H3,(H,15,16,17). The molecule has 0 bridgehead atoms. The number of anilines is 2. The van der Waals surface area contributed by atoms with Gasteiger partial charge >= 0.3 is 5.97 Å². The van der Waals surface area contributed by atoms with Gasteiger partial charge in [0.2, 0.25) is 5.91 Å². The molecule has 112 valence electrons. The highest BCUT2D eigenvalue weighted by atomic mass is 32.2. The summed E-state index contributed by atoms with van der Waals surface area (Å²) in [6.45, 7) is 0. The van der Waals surface area contributed by atoms with Crippen LogP contribution < -0.4 is 11.1 Å². The quantitative estimate of drug-likeness (QED) is 0.480. The van der Waals surface area contributed by atoms with Crippen LogP contribution in [0.25, 0.3) is 10.2 Å². The number of thioether (sulfide) groups is 1. The van der Waals surface area contributed by atoms with Crippen molar-refractivity contribution in [3.8, 4) is 0 Å². The Kier molecular flexibility index (Phi) is 5.40. The lowest BCUT2D eigenvalue weighted by Crippen LogP contribution is -2.12. The summed E-state index contributed by atoms with van der Waals surface area (Å²) >= 11 is 2.75. The molecule has 6 nitrogen and oxygen atoms in total. The van der Waals surface area contributed by atoms with Gasteiger partial charge in [-0.3, -0.25) is 9.59 Å². The van der Waals surface area contributed by atoms with E-state index in [1.54, 1.807) is 6.07 Å². The minimum Gasteiger partial charge on any atom is -0.468 e. The van der Waals surface area contributed by atoms with Gasteiger partial charge in [0.15, 0.2) is 5.13 Å². The zero-order valence-corrected chi connectivity index (χ0v) is 13.1. The number of carbonyl (C=O) groups is 2. The second-order valence-electron chi connectivity index (χ2n) is 4.17. The molecule has 1 heterocycles. The summed E-state index contributed by atoms with van der Waals surface area (Å²) < 4.78 is 5.45. The molecular formula is C13H15N3O3S2. The fraction of sp³-hybridized carbons (Fsp3) is 0.308. The van der Waals surface area contributed by atoms with E-state index in [0.717, 1.165) is 10.2 Å². The van der Waals surface area contributed by atoms with Crippen molar-refractivity contribution in [1.29, 1.82) is 0 Å².